The lowest BCUT2D eigenvalue weighted by atomic mass is 9.52. The molecule has 3 aliphatic carbocycles. The minimum absolute atomic E-state index is 0.0148. The number of carbonyl (C=O) groups excluding carboxylic acids is 5. The maximum absolute atomic E-state index is 13.9. The number of phenolic OH excluding ortho intramolecular Hbond substituents is 1. The van der Waals surface area contributed by atoms with Crippen LogP contribution in [-0.2, 0) is 25.6 Å². The molecule has 200 valence electrons. The Balaban J connectivity index is 1.49. The Labute approximate surface area is 222 Å². The summed E-state index contributed by atoms with van der Waals surface area (Å²) in [7, 11) is 3.10. The molecule has 2 fully saturated rings. The number of rotatable bonds is 3. The molecule has 39 heavy (non-hydrogen) atoms. The largest absolute Gasteiger partial charge is 0.507 e. The minimum atomic E-state index is -2.75. The number of nitrogens with two attached hydrogens (primary N) is 1. The summed E-state index contributed by atoms with van der Waals surface area (Å²) in [6, 6.07) is 11.1. The molecular formula is C29H26N2O8. The van der Waals surface area contributed by atoms with E-state index in [0.29, 0.717) is 22.5 Å². The van der Waals surface area contributed by atoms with Gasteiger partial charge in [0.1, 0.15) is 17.1 Å². The number of nitrogens with zero attached hydrogens (tertiary/aromatic N) is 1. The third-order valence-electron chi connectivity index (χ3n) is 8.64. The molecule has 0 spiro atoms. The second-order valence-corrected chi connectivity index (χ2v) is 10.9. The van der Waals surface area contributed by atoms with Gasteiger partial charge in [-0.1, -0.05) is 18.2 Å². The van der Waals surface area contributed by atoms with Crippen molar-refractivity contribution in [3.8, 4) is 17.1 Å². The molecule has 1 heterocycles. The van der Waals surface area contributed by atoms with Gasteiger partial charge in [-0.25, -0.2) is 0 Å². The van der Waals surface area contributed by atoms with Crippen LogP contribution in [0.15, 0.2) is 46.9 Å². The van der Waals surface area contributed by atoms with Crippen LogP contribution in [-0.4, -0.2) is 69.9 Å². The van der Waals surface area contributed by atoms with Crippen molar-refractivity contribution in [2.24, 2.45) is 29.4 Å². The van der Waals surface area contributed by atoms with Crippen molar-refractivity contribution >= 4 is 40.0 Å². The number of aromatic hydroxyl groups is 1. The highest BCUT2D eigenvalue weighted by molar-refractivity contribution is 6.32. The highest BCUT2D eigenvalue weighted by atomic mass is 16.3. The number of carbonyl (C=O) groups is 5. The first kappa shape index (κ1) is 25.1. The molecule has 2 aromatic carbocycles. The third kappa shape index (κ3) is 3.31. The Morgan fingerprint density at radius 1 is 1.08 bits per heavy atom. The summed E-state index contributed by atoms with van der Waals surface area (Å²) < 4.78 is 6.03. The van der Waals surface area contributed by atoms with E-state index in [9.17, 15) is 34.2 Å². The monoisotopic (exact) mass is 530 g/mol. The lowest BCUT2D eigenvalue weighted by molar-refractivity contribution is -0.181. The van der Waals surface area contributed by atoms with Gasteiger partial charge in [0.05, 0.1) is 17.5 Å². The second-order valence-electron chi connectivity index (χ2n) is 10.9. The van der Waals surface area contributed by atoms with Crippen LogP contribution in [0.1, 0.15) is 22.3 Å². The molecule has 0 radical (unpaired) electrons. The van der Waals surface area contributed by atoms with Crippen molar-refractivity contribution in [1.29, 1.82) is 0 Å². The zero-order chi connectivity index (χ0) is 28.0. The van der Waals surface area contributed by atoms with Crippen molar-refractivity contribution in [3.63, 3.8) is 0 Å². The van der Waals surface area contributed by atoms with Gasteiger partial charge in [-0.2, -0.15) is 0 Å². The predicted octanol–water partition coefficient (Wildman–Crippen LogP) is 1.28. The average Bonchev–Trinajstić information content (AvgIpc) is 3.30. The number of Topliss-reactive ketones (excluding diaryl/α,β-unsaturated/α-hetero) is 4. The number of amides is 1. The van der Waals surface area contributed by atoms with Crippen LogP contribution in [0.4, 0.5) is 0 Å². The Morgan fingerprint density at radius 3 is 2.46 bits per heavy atom. The number of hydrogen-bond acceptors (Lipinski definition) is 9. The van der Waals surface area contributed by atoms with E-state index in [1.165, 1.54) is 11.0 Å². The van der Waals surface area contributed by atoms with Gasteiger partial charge >= 0.3 is 0 Å². The fraction of sp³-hybridized carbons (Fsp3) is 0.345. The van der Waals surface area contributed by atoms with E-state index in [1.54, 1.807) is 20.2 Å². The van der Waals surface area contributed by atoms with Gasteiger partial charge in [0.25, 0.3) is 0 Å². The molecule has 4 N–H and O–H groups in total. The predicted molar refractivity (Wildman–Crippen MR) is 137 cm³/mol. The molecule has 0 saturated heterocycles. The fourth-order valence-electron chi connectivity index (χ4n) is 6.95. The van der Waals surface area contributed by atoms with Crippen LogP contribution in [0.25, 0.3) is 22.3 Å². The van der Waals surface area contributed by atoms with E-state index in [2.05, 4.69) is 0 Å². The van der Waals surface area contributed by atoms with Crippen LogP contribution in [0.5, 0.6) is 5.75 Å². The Kier molecular flexibility index (Phi) is 5.43. The molecule has 6 atom stereocenters. The minimum Gasteiger partial charge on any atom is -0.507 e. The van der Waals surface area contributed by atoms with E-state index in [4.69, 9.17) is 10.2 Å². The van der Waals surface area contributed by atoms with Gasteiger partial charge in [-0.15, -0.1) is 0 Å². The van der Waals surface area contributed by atoms with Gasteiger partial charge in [-0.3, -0.25) is 28.9 Å². The normalized spacial score (nSPS) is 30.3. The van der Waals surface area contributed by atoms with E-state index < -0.39 is 64.4 Å². The summed E-state index contributed by atoms with van der Waals surface area (Å²) >= 11 is 0. The smallest absolute Gasteiger partial charge is 0.235 e. The number of aliphatic hydroxyl groups is 1. The van der Waals surface area contributed by atoms with Gasteiger partial charge < -0.3 is 20.4 Å². The summed E-state index contributed by atoms with van der Waals surface area (Å²) in [5, 5.41) is 23.2. The summed E-state index contributed by atoms with van der Waals surface area (Å²) in [6.45, 7) is 0. The molecule has 0 aliphatic heterocycles. The molecule has 4 unspecified atom stereocenters. The number of hydrogen-bond donors (Lipinski definition) is 3. The molecule has 6 rings (SSSR count). The molecule has 0 bridgehead atoms. The van der Waals surface area contributed by atoms with E-state index in [1.807, 2.05) is 30.3 Å². The highest BCUT2D eigenvalue weighted by Crippen LogP contribution is 2.52. The topological polar surface area (TPSA) is 168 Å². The van der Waals surface area contributed by atoms with Crippen LogP contribution in [0.2, 0.25) is 0 Å². The molecule has 3 aliphatic rings. The first-order valence-corrected chi connectivity index (χ1v) is 12.6. The number of fused-ring (bicyclic) bond motifs is 4. The first-order valence-electron chi connectivity index (χ1n) is 12.6. The highest BCUT2D eigenvalue weighted by Gasteiger charge is 2.69. The zero-order valence-corrected chi connectivity index (χ0v) is 21.2. The lowest BCUT2D eigenvalue weighted by Crippen LogP contribution is -2.74. The number of ketones is 4. The van der Waals surface area contributed by atoms with Crippen molar-refractivity contribution in [2.45, 2.75) is 24.5 Å². The number of primary amides is 1. The maximum atomic E-state index is 13.9. The van der Waals surface area contributed by atoms with Crippen molar-refractivity contribution in [2.75, 3.05) is 14.1 Å². The third-order valence-corrected chi connectivity index (χ3v) is 8.64. The quantitative estimate of drug-likeness (QED) is 0.422. The fourth-order valence-corrected chi connectivity index (χ4v) is 6.95. The molecular weight excluding hydrogens is 504 g/mol. The maximum Gasteiger partial charge on any atom is 0.235 e. The molecule has 1 amide bonds. The Hall–Kier alpha value is -4.15. The summed E-state index contributed by atoms with van der Waals surface area (Å²) in [5.74, 6) is -10.3. The number of furan rings is 1. The average molecular weight is 531 g/mol. The first-order chi connectivity index (χ1) is 18.5. The van der Waals surface area contributed by atoms with E-state index >= 15 is 0 Å². The van der Waals surface area contributed by atoms with Crippen LogP contribution < -0.4 is 5.73 Å². The van der Waals surface area contributed by atoms with Crippen LogP contribution in [0, 0.1) is 23.7 Å². The van der Waals surface area contributed by atoms with Crippen LogP contribution in [0.3, 0.4) is 0 Å². The summed E-state index contributed by atoms with van der Waals surface area (Å²) in [5.41, 5.74) is 4.24. The Bertz CT molecular complexity index is 1590. The number of phenols is 1. The summed E-state index contributed by atoms with van der Waals surface area (Å²) in [6.07, 6.45) is 0.145. The van der Waals surface area contributed by atoms with Gasteiger partial charge in [0.15, 0.2) is 34.7 Å². The number of benzene rings is 2. The number of para-hydroxylation sites is 1. The standard InChI is InChI=1S/C29H26N2O8/c1-31(2)23-16-10-13-9-15-14(19-11-12-5-3-4-6-18(12)39-19)7-8-17(32)21(15)24(33)20(13)26(35)29(16,38)27(36)22(25(23)34)28(30)37/h3-8,11,13,16,20,22-23,32,38H,9-10H2,1-2H3,(H2,30,37)/t13?,16?,20?,22?,23-,29-/m0/s1. The molecule has 3 aromatic rings. The van der Waals surface area contributed by atoms with Gasteiger partial charge in [0.2, 0.25) is 5.91 Å². The molecule has 1 aromatic heterocycles. The van der Waals surface area contributed by atoms with Gasteiger partial charge in [0, 0.05) is 16.9 Å². The lowest BCUT2D eigenvalue weighted by Gasteiger charge is -2.52. The van der Waals surface area contributed by atoms with Crippen molar-refractivity contribution in [1.82, 2.24) is 4.90 Å². The second kappa shape index (κ2) is 8.42. The van der Waals surface area contributed by atoms with Crippen molar-refractivity contribution < 1.29 is 38.6 Å². The van der Waals surface area contributed by atoms with Crippen LogP contribution >= 0.6 is 0 Å². The molecule has 10 nitrogen and oxygen atoms in total. The SMILES string of the molecule is CN(C)[C@@H]1C(=O)C(C(N)=O)C(=O)[C@@]2(O)C(=O)C3C(=O)c4c(O)ccc(-c5cc6ccccc6o5)c4CC3CC12. The zero-order valence-electron chi connectivity index (χ0n) is 21.2. The number of likely N-dealkylation sites (N-methyl/N-ethyl adjacent to an activating group) is 1. The molecule has 2 saturated carbocycles. The molecule has 10 heteroatoms. The summed E-state index contributed by atoms with van der Waals surface area (Å²) in [4.78, 5) is 67.9. The van der Waals surface area contributed by atoms with Gasteiger partial charge in [-0.05, 0) is 62.7 Å². The van der Waals surface area contributed by atoms with Crippen molar-refractivity contribution in [3.05, 3.63) is 53.6 Å². The Morgan fingerprint density at radius 2 is 1.79 bits per heavy atom. The van der Waals surface area contributed by atoms with E-state index in [-0.39, 0.29) is 24.2 Å². The van der Waals surface area contributed by atoms with E-state index in [0.717, 1.165) is 5.39 Å².